The third kappa shape index (κ3) is 5.14. The van der Waals surface area contributed by atoms with Crippen molar-refractivity contribution in [3.63, 3.8) is 0 Å². The number of rotatable bonds is 4. The molecule has 0 spiro atoms. The lowest BCUT2D eigenvalue weighted by atomic mass is 10.1. The van der Waals surface area contributed by atoms with E-state index in [0.29, 0.717) is 5.88 Å². The molecule has 0 aliphatic heterocycles. The Kier molecular flexibility index (Phi) is 5.01. The molecule has 0 aliphatic rings. The Morgan fingerprint density at radius 2 is 1.95 bits per heavy atom. The highest BCUT2D eigenvalue weighted by Gasteiger charge is 2.09. The number of ether oxygens (including phenoxy) is 1. The van der Waals surface area contributed by atoms with Crippen LogP contribution in [0, 0.1) is 6.92 Å². The third-order valence-electron chi connectivity index (χ3n) is 2.99. The van der Waals surface area contributed by atoms with Crippen molar-refractivity contribution in [1.82, 2.24) is 10.3 Å². The fourth-order valence-corrected chi connectivity index (χ4v) is 2.08. The van der Waals surface area contributed by atoms with Crippen molar-refractivity contribution in [2.45, 2.75) is 39.8 Å². The van der Waals surface area contributed by atoms with E-state index in [0.717, 1.165) is 27.9 Å². The molecule has 1 aromatic heterocycles. The van der Waals surface area contributed by atoms with Crippen LogP contribution in [0.1, 0.15) is 31.9 Å². The Hall–Kier alpha value is -1.39. The largest absolute Gasteiger partial charge is 0.439 e. The van der Waals surface area contributed by atoms with Gasteiger partial charge >= 0.3 is 0 Å². The molecule has 4 heteroatoms. The van der Waals surface area contributed by atoms with Gasteiger partial charge in [0.2, 0.25) is 5.88 Å². The van der Waals surface area contributed by atoms with Gasteiger partial charge in [-0.25, -0.2) is 4.98 Å². The second kappa shape index (κ2) is 6.58. The molecule has 0 amide bonds. The summed E-state index contributed by atoms with van der Waals surface area (Å²) in [5.74, 6) is 1.42. The number of nitrogens with one attached hydrogen (secondary N) is 1. The Bertz CT molecular complexity index is 603. The molecule has 0 saturated heterocycles. The van der Waals surface area contributed by atoms with E-state index in [1.807, 2.05) is 43.5 Å². The second-order valence-electron chi connectivity index (χ2n) is 6.12. The molecule has 0 radical (unpaired) electrons. The first-order chi connectivity index (χ1) is 9.83. The SMILES string of the molecule is Cc1ccc(Br)cc1Oc1ccc(CNC(C)(C)C)cn1. The minimum absolute atomic E-state index is 0.0998. The first-order valence-electron chi connectivity index (χ1n) is 6.97. The third-order valence-corrected chi connectivity index (χ3v) is 3.48. The molecule has 1 N–H and O–H groups in total. The Balaban J connectivity index is 2.04. The molecule has 1 heterocycles. The molecular weight excluding hydrogens is 328 g/mol. The van der Waals surface area contributed by atoms with Crippen LogP contribution in [0.4, 0.5) is 0 Å². The van der Waals surface area contributed by atoms with Crippen molar-refractivity contribution in [3.8, 4) is 11.6 Å². The van der Waals surface area contributed by atoms with E-state index in [2.05, 4.69) is 47.0 Å². The van der Waals surface area contributed by atoms with Gasteiger partial charge in [-0.2, -0.15) is 0 Å². The summed E-state index contributed by atoms with van der Waals surface area (Å²) in [6.45, 7) is 9.26. The van der Waals surface area contributed by atoms with E-state index in [9.17, 15) is 0 Å². The predicted molar refractivity (Wildman–Crippen MR) is 89.8 cm³/mol. The van der Waals surface area contributed by atoms with Crippen molar-refractivity contribution in [2.75, 3.05) is 0 Å². The van der Waals surface area contributed by atoms with Crippen LogP contribution >= 0.6 is 15.9 Å². The molecule has 0 saturated carbocycles. The number of aromatic nitrogens is 1. The molecule has 0 bridgehead atoms. The Morgan fingerprint density at radius 3 is 2.57 bits per heavy atom. The molecule has 1 aromatic carbocycles. The van der Waals surface area contributed by atoms with Gasteiger partial charge in [0.25, 0.3) is 0 Å². The number of benzene rings is 1. The summed E-state index contributed by atoms with van der Waals surface area (Å²) >= 11 is 3.45. The number of aryl methyl sites for hydroxylation is 1. The van der Waals surface area contributed by atoms with Gasteiger partial charge < -0.3 is 10.1 Å². The van der Waals surface area contributed by atoms with E-state index in [1.165, 1.54) is 0 Å². The van der Waals surface area contributed by atoms with E-state index >= 15 is 0 Å². The summed E-state index contributed by atoms with van der Waals surface area (Å²) in [6, 6.07) is 9.90. The highest BCUT2D eigenvalue weighted by atomic mass is 79.9. The van der Waals surface area contributed by atoms with Crippen LogP contribution in [-0.2, 0) is 6.54 Å². The van der Waals surface area contributed by atoms with Crippen LogP contribution in [0.15, 0.2) is 41.0 Å². The molecule has 2 aromatic rings. The molecule has 3 nitrogen and oxygen atoms in total. The summed E-state index contributed by atoms with van der Waals surface area (Å²) in [5.41, 5.74) is 2.32. The topological polar surface area (TPSA) is 34.1 Å². The molecule has 21 heavy (non-hydrogen) atoms. The fourth-order valence-electron chi connectivity index (χ4n) is 1.74. The number of hydrogen-bond donors (Lipinski definition) is 1. The van der Waals surface area contributed by atoms with E-state index in [1.54, 1.807) is 0 Å². The standard InChI is InChI=1S/C17H21BrN2O/c1-12-5-7-14(18)9-15(12)21-16-8-6-13(10-19-16)11-20-17(2,3)4/h5-10,20H,11H2,1-4H3. The normalized spacial score (nSPS) is 11.5. The highest BCUT2D eigenvalue weighted by Crippen LogP contribution is 2.27. The summed E-state index contributed by atoms with van der Waals surface area (Å²) in [5, 5.41) is 3.44. The van der Waals surface area contributed by atoms with Crippen molar-refractivity contribution in [3.05, 3.63) is 52.1 Å². The first kappa shape index (κ1) is 16.0. The average molecular weight is 349 g/mol. The zero-order valence-electron chi connectivity index (χ0n) is 12.9. The number of pyridine rings is 1. The van der Waals surface area contributed by atoms with Gasteiger partial charge in [0, 0.05) is 28.8 Å². The fraction of sp³-hybridized carbons (Fsp3) is 0.353. The zero-order chi connectivity index (χ0) is 15.5. The lowest BCUT2D eigenvalue weighted by Crippen LogP contribution is -2.35. The van der Waals surface area contributed by atoms with E-state index in [4.69, 9.17) is 4.74 Å². The van der Waals surface area contributed by atoms with Gasteiger partial charge in [-0.3, -0.25) is 0 Å². The molecule has 2 rings (SSSR count). The molecule has 0 unspecified atom stereocenters. The number of halogens is 1. The summed E-state index contributed by atoms with van der Waals surface area (Å²) in [6.07, 6.45) is 1.85. The van der Waals surface area contributed by atoms with Crippen LogP contribution in [0.5, 0.6) is 11.6 Å². The lowest BCUT2D eigenvalue weighted by Gasteiger charge is -2.20. The second-order valence-corrected chi connectivity index (χ2v) is 7.04. The molecule has 0 atom stereocenters. The minimum atomic E-state index is 0.0998. The number of hydrogen-bond acceptors (Lipinski definition) is 3. The Labute approximate surface area is 134 Å². The maximum absolute atomic E-state index is 5.83. The molecular formula is C17H21BrN2O. The van der Waals surface area contributed by atoms with Crippen LogP contribution in [-0.4, -0.2) is 10.5 Å². The van der Waals surface area contributed by atoms with Gasteiger partial charge in [-0.05, 0) is 51.0 Å². The average Bonchev–Trinajstić information content (AvgIpc) is 2.41. The van der Waals surface area contributed by atoms with Crippen molar-refractivity contribution in [1.29, 1.82) is 0 Å². The smallest absolute Gasteiger partial charge is 0.219 e. The number of nitrogens with zero attached hydrogens (tertiary/aromatic N) is 1. The van der Waals surface area contributed by atoms with Crippen molar-refractivity contribution >= 4 is 15.9 Å². The van der Waals surface area contributed by atoms with Crippen LogP contribution in [0.2, 0.25) is 0 Å². The quantitative estimate of drug-likeness (QED) is 0.858. The van der Waals surface area contributed by atoms with Crippen molar-refractivity contribution < 1.29 is 4.74 Å². The van der Waals surface area contributed by atoms with Gasteiger partial charge in [0.15, 0.2) is 0 Å². The summed E-state index contributed by atoms with van der Waals surface area (Å²) in [7, 11) is 0. The van der Waals surface area contributed by atoms with Gasteiger partial charge in [-0.1, -0.05) is 28.1 Å². The van der Waals surface area contributed by atoms with Crippen molar-refractivity contribution in [2.24, 2.45) is 0 Å². The molecule has 0 fully saturated rings. The van der Waals surface area contributed by atoms with Gasteiger partial charge in [0.1, 0.15) is 5.75 Å². The summed E-state index contributed by atoms with van der Waals surface area (Å²) < 4.78 is 6.82. The van der Waals surface area contributed by atoms with Gasteiger partial charge in [-0.15, -0.1) is 0 Å². The van der Waals surface area contributed by atoms with E-state index < -0.39 is 0 Å². The highest BCUT2D eigenvalue weighted by molar-refractivity contribution is 9.10. The van der Waals surface area contributed by atoms with Crippen LogP contribution in [0.25, 0.3) is 0 Å². The van der Waals surface area contributed by atoms with Crippen LogP contribution < -0.4 is 10.1 Å². The maximum Gasteiger partial charge on any atom is 0.219 e. The molecule has 112 valence electrons. The lowest BCUT2D eigenvalue weighted by molar-refractivity contribution is 0.423. The first-order valence-corrected chi connectivity index (χ1v) is 7.77. The Morgan fingerprint density at radius 1 is 1.19 bits per heavy atom. The minimum Gasteiger partial charge on any atom is -0.439 e. The summed E-state index contributed by atoms with van der Waals surface area (Å²) in [4.78, 5) is 4.37. The van der Waals surface area contributed by atoms with E-state index in [-0.39, 0.29) is 5.54 Å². The van der Waals surface area contributed by atoms with Crippen LogP contribution in [0.3, 0.4) is 0 Å². The predicted octanol–water partition coefficient (Wildman–Crippen LogP) is 4.83. The molecule has 0 aliphatic carbocycles. The van der Waals surface area contributed by atoms with Gasteiger partial charge in [0.05, 0.1) is 0 Å². The monoisotopic (exact) mass is 348 g/mol. The maximum atomic E-state index is 5.83. The zero-order valence-corrected chi connectivity index (χ0v) is 14.5.